The highest BCUT2D eigenvalue weighted by atomic mass is 35.5. The fourth-order valence-electron chi connectivity index (χ4n) is 2.54. The Morgan fingerprint density at radius 3 is 2.75 bits per heavy atom. The molecule has 24 heavy (non-hydrogen) atoms. The van der Waals surface area contributed by atoms with Gasteiger partial charge in [0.1, 0.15) is 0 Å². The highest BCUT2D eigenvalue weighted by molar-refractivity contribution is 6.42. The minimum atomic E-state index is -0.118. The molecule has 0 atom stereocenters. The Balaban J connectivity index is 1.46. The standard InChI is InChI=1S/C18H17Cl2N3O/c19-15-6-5-13(9-16(15)20)23-18(24)11-21-8-7-12-10-22-17-4-2-1-3-14(12)17/h1-6,9-10,21-22H,7-8,11H2,(H,23,24). The van der Waals surface area contributed by atoms with Crippen LogP contribution >= 0.6 is 23.2 Å². The number of H-pyrrole nitrogens is 1. The zero-order chi connectivity index (χ0) is 16.9. The van der Waals surface area contributed by atoms with Gasteiger partial charge in [0.25, 0.3) is 0 Å². The van der Waals surface area contributed by atoms with E-state index in [1.54, 1.807) is 18.2 Å². The lowest BCUT2D eigenvalue weighted by Gasteiger charge is -2.07. The Labute approximate surface area is 150 Å². The number of hydrogen-bond acceptors (Lipinski definition) is 2. The minimum Gasteiger partial charge on any atom is -0.361 e. The summed E-state index contributed by atoms with van der Waals surface area (Å²) in [7, 11) is 0. The molecule has 2 aromatic carbocycles. The van der Waals surface area contributed by atoms with E-state index in [1.165, 1.54) is 10.9 Å². The third kappa shape index (κ3) is 4.09. The highest BCUT2D eigenvalue weighted by Crippen LogP contribution is 2.24. The van der Waals surface area contributed by atoms with E-state index in [9.17, 15) is 4.79 Å². The van der Waals surface area contributed by atoms with E-state index in [4.69, 9.17) is 23.2 Å². The summed E-state index contributed by atoms with van der Waals surface area (Å²) < 4.78 is 0. The predicted octanol–water partition coefficient (Wildman–Crippen LogP) is 4.25. The number of anilines is 1. The smallest absolute Gasteiger partial charge is 0.238 e. The van der Waals surface area contributed by atoms with E-state index < -0.39 is 0 Å². The van der Waals surface area contributed by atoms with Crippen molar-refractivity contribution in [2.45, 2.75) is 6.42 Å². The van der Waals surface area contributed by atoms with Gasteiger partial charge in [-0.15, -0.1) is 0 Å². The normalized spacial score (nSPS) is 10.9. The molecule has 0 aliphatic rings. The number of benzene rings is 2. The number of hydrogen-bond donors (Lipinski definition) is 3. The van der Waals surface area contributed by atoms with Crippen molar-refractivity contribution in [3.8, 4) is 0 Å². The lowest BCUT2D eigenvalue weighted by molar-refractivity contribution is -0.115. The Bertz CT molecular complexity index is 860. The molecule has 0 unspecified atom stereocenters. The second-order valence-electron chi connectivity index (χ2n) is 5.46. The van der Waals surface area contributed by atoms with Gasteiger partial charge in [0.2, 0.25) is 5.91 Å². The molecule has 0 aliphatic heterocycles. The summed E-state index contributed by atoms with van der Waals surface area (Å²) in [5.74, 6) is -0.118. The van der Waals surface area contributed by atoms with Crippen LogP contribution in [-0.4, -0.2) is 24.0 Å². The number of aromatic amines is 1. The van der Waals surface area contributed by atoms with Crippen molar-refractivity contribution < 1.29 is 4.79 Å². The first-order valence-corrected chi connectivity index (χ1v) is 8.39. The van der Waals surface area contributed by atoms with Crippen molar-refractivity contribution in [3.63, 3.8) is 0 Å². The molecule has 124 valence electrons. The second kappa shape index (κ2) is 7.71. The number of para-hydroxylation sites is 1. The Morgan fingerprint density at radius 2 is 1.92 bits per heavy atom. The fourth-order valence-corrected chi connectivity index (χ4v) is 2.84. The number of carbonyl (C=O) groups is 1. The van der Waals surface area contributed by atoms with Crippen LogP contribution in [0.1, 0.15) is 5.56 Å². The van der Waals surface area contributed by atoms with E-state index in [-0.39, 0.29) is 12.5 Å². The molecule has 0 saturated carbocycles. The maximum atomic E-state index is 11.9. The van der Waals surface area contributed by atoms with Crippen LogP contribution in [-0.2, 0) is 11.2 Å². The molecular weight excluding hydrogens is 345 g/mol. The first-order valence-electron chi connectivity index (χ1n) is 7.64. The van der Waals surface area contributed by atoms with Gasteiger partial charge in [0.15, 0.2) is 0 Å². The van der Waals surface area contributed by atoms with Crippen molar-refractivity contribution in [2.24, 2.45) is 0 Å². The van der Waals surface area contributed by atoms with Gasteiger partial charge >= 0.3 is 0 Å². The van der Waals surface area contributed by atoms with Crippen molar-refractivity contribution in [2.75, 3.05) is 18.4 Å². The molecule has 0 spiro atoms. The first-order chi connectivity index (χ1) is 11.6. The zero-order valence-corrected chi connectivity index (χ0v) is 14.4. The topological polar surface area (TPSA) is 56.9 Å². The van der Waals surface area contributed by atoms with Crippen LogP contribution in [0.4, 0.5) is 5.69 Å². The van der Waals surface area contributed by atoms with Crippen LogP contribution in [0.15, 0.2) is 48.7 Å². The van der Waals surface area contributed by atoms with Crippen molar-refractivity contribution in [3.05, 3.63) is 64.3 Å². The van der Waals surface area contributed by atoms with Crippen molar-refractivity contribution >= 4 is 45.7 Å². The van der Waals surface area contributed by atoms with E-state index >= 15 is 0 Å². The summed E-state index contributed by atoms with van der Waals surface area (Å²) in [5, 5.41) is 8.04. The molecule has 6 heteroatoms. The molecular formula is C18H17Cl2N3O. The van der Waals surface area contributed by atoms with E-state index in [2.05, 4.69) is 27.8 Å². The molecule has 0 saturated heterocycles. The van der Waals surface area contributed by atoms with E-state index in [0.717, 1.165) is 18.5 Å². The highest BCUT2D eigenvalue weighted by Gasteiger charge is 2.06. The quantitative estimate of drug-likeness (QED) is 0.575. The van der Waals surface area contributed by atoms with Crippen LogP contribution in [0.3, 0.4) is 0 Å². The third-order valence-corrected chi connectivity index (χ3v) is 4.47. The summed E-state index contributed by atoms with van der Waals surface area (Å²) in [5.41, 5.74) is 3.00. The molecule has 3 aromatic rings. The lowest BCUT2D eigenvalue weighted by Crippen LogP contribution is -2.29. The second-order valence-corrected chi connectivity index (χ2v) is 6.28. The van der Waals surface area contributed by atoms with E-state index in [0.29, 0.717) is 15.7 Å². The molecule has 0 aliphatic carbocycles. The number of fused-ring (bicyclic) bond motifs is 1. The number of carbonyl (C=O) groups excluding carboxylic acids is 1. The van der Waals surface area contributed by atoms with Crippen LogP contribution in [0.2, 0.25) is 10.0 Å². The molecule has 0 fully saturated rings. The van der Waals surface area contributed by atoms with Gasteiger partial charge < -0.3 is 15.6 Å². The maximum absolute atomic E-state index is 11.9. The maximum Gasteiger partial charge on any atom is 0.238 e. The first kappa shape index (κ1) is 16.8. The average molecular weight is 362 g/mol. The molecule has 4 nitrogen and oxygen atoms in total. The van der Waals surface area contributed by atoms with Crippen molar-refractivity contribution in [1.82, 2.24) is 10.3 Å². The van der Waals surface area contributed by atoms with Gasteiger partial charge in [0.05, 0.1) is 16.6 Å². The summed E-state index contributed by atoms with van der Waals surface area (Å²) >= 11 is 11.8. The number of amides is 1. The van der Waals surface area contributed by atoms with Gasteiger partial charge in [0, 0.05) is 22.8 Å². The molecule has 1 amide bonds. The van der Waals surface area contributed by atoms with Crippen molar-refractivity contribution in [1.29, 1.82) is 0 Å². The van der Waals surface area contributed by atoms with Gasteiger partial charge in [-0.3, -0.25) is 4.79 Å². The Hall–Kier alpha value is -2.01. The molecule has 0 bridgehead atoms. The third-order valence-electron chi connectivity index (χ3n) is 3.73. The molecule has 3 N–H and O–H groups in total. The van der Waals surface area contributed by atoms with Gasteiger partial charge in [-0.1, -0.05) is 41.4 Å². The number of rotatable bonds is 6. The zero-order valence-electron chi connectivity index (χ0n) is 12.9. The SMILES string of the molecule is O=C(CNCCc1c[nH]c2ccccc12)Nc1ccc(Cl)c(Cl)c1. The largest absolute Gasteiger partial charge is 0.361 e. The molecule has 1 aromatic heterocycles. The average Bonchev–Trinajstić information content (AvgIpc) is 2.98. The number of nitrogens with one attached hydrogen (secondary N) is 3. The van der Waals surface area contributed by atoms with E-state index in [1.807, 2.05) is 18.3 Å². The van der Waals surface area contributed by atoms with Crippen LogP contribution in [0.25, 0.3) is 10.9 Å². The number of halogens is 2. The lowest BCUT2D eigenvalue weighted by atomic mass is 10.1. The van der Waals surface area contributed by atoms with Crippen LogP contribution in [0.5, 0.6) is 0 Å². The molecule has 3 rings (SSSR count). The summed E-state index contributed by atoms with van der Waals surface area (Å²) in [4.78, 5) is 15.2. The Morgan fingerprint density at radius 1 is 1.08 bits per heavy atom. The van der Waals surface area contributed by atoms with Gasteiger partial charge in [-0.2, -0.15) is 0 Å². The predicted molar refractivity (Wildman–Crippen MR) is 100.0 cm³/mol. The fraction of sp³-hybridized carbons (Fsp3) is 0.167. The molecule has 0 radical (unpaired) electrons. The molecule has 1 heterocycles. The monoisotopic (exact) mass is 361 g/mol. The van der Waals surface area contributed by atoms with Crippen LogP contribution < -0.4 is 10.6 Å². The minimum absolute atomic E-state index is 0.118. The van der Waals surface area contributed by atoms with Gasteiger partial charge in [-0.05, 0) is 42.8 Å². The van der Waals surface area contributed by atoms with Gasteiger partial charge in [-0.25, -0.2) is 0 Å². The summed E-state index contributed by atoms with van der Waals surface area (Å²) in [6.45, 7) is 0.958. The number of aromatic nitrogens is 1. The summed E-state index contributed by atoms with van der Waals surface area (Å²) in [6, 6.07) is 13.2. The Kier molecular flexibility index (Phi) is 5.41. The summed E-state index contributed by atoms with van der Waals surface area (Å²) in [6.07, 6.45) is 2.87. The van der Waals surface area contributed by atoms with Crippen LogP contribution in [0, 0.1) is 0 Å².